The van der Waals surface area contributed by atoms with Gasteiger partial charge in [0.2, 0.25) is 11.8 Å². The molecular formula is C17H17N3O4. The third-order valence-corrected chi connectivity index (χ3v) is 4.04. The molecule has 124 valence electrons. The monoisotopic (exact) mass is 327 g/mol. The normalized spacial score (nSPS) is 14.8. The van der Waals surface area contributed by atoms with Gasteiger partial charge in [-0.2, -0.15) is 0 Å². The molecule has 1 aromatic carbocycles. The van der Waals surface area contributed by atoms with E-state index in [1.807, 2.05) is 0 Å². The number of benzene rings is 1. The van der Waals surface area contributed by atoms with Crippen LogP contribution in [0.5, 0.6) is 0 Å². The minimum absolute atomic E-state index is 0.0474. The first-order valence-corrected chi connectivity index (χ1v) is 7.58. The van der Waals surface area contributed by atoms with Crippen molar-refractivity contribution in [2.75, 3.05) is 10.6 Å². The molecule has 24 heavy (non-hydrogen) atoms. The molecule has 1 fully saturated rings. The topological polar surface area (TPSA) is 101 Å². The van der Waals surface area contributed by atoms with Crippen LogP contribution in [-0.4, -0.2) is 22.8 Å². The molecule has 1 aliphatic rings. The predicted octanol–water partition coefficient (Wildman–Crippen LogP) is 2.54. The Morgan fingerprint density at radius 2 is 1.71 bits per heavy atom. The Bertz CT molecular complexity index is 803. The van der Waals surface area contributed by atoms with Crippen LogP contribution < -0.4 is 10.6 Å². The van der Waals surface area contributed by atoms with Gasteiger partial charge in [-0.15, -0.1) is 0 Å². The highest BCUT2D eigenvalue weighted by Crippen LogP contribution is 2.47. The molecule has 2 N–H and O–H groups in total. The number of aryl methyl sites for hydroxylation is 1. The molecule has 0 bridgehead atoms. The van der Waals surface area contributed by atoms with E-state index in [-0.39, 0.29) is 11.7 Å². The first-order chi connectivity index (χ1) is 11.4. The molecule has 2 amide bonds. The summed E-state index contributed by atoms with van der Waals surface area (Å²) in [5, 5.41) is 9.03. The van der Waals surface area contributed by atoms with E-state index < -0.39 is 11.3 Å². The number of nitrogens with zero attached hydrogens (tertiary/aromatic N) is 1. The Kier molecular flexibility index (Phi) is 3.92. The van der Waals surface area contributed by atoms with Gasteiger partial charge in [0.05, 0.1) is 0 Å². The van der Waals surface area contributed by atoms with Gasteiger partial charge in [0, 0.05) is 17.3 Å². The number of carbonyl (C=O) groups is 3. The number of hydrogen-bond donors (Lipinski definition) is 2. The van der Waals surface area contributed by atoms with Crippen molar-refractivity contribution in [2.24, 2.45) is 5.41 Å². The zero-order valence-corrected chi connectivity index (χ0v) is 13.4. The number of amides is 2. The number of Topliss-reactive ketones (excluding diaryl/α,β-unsaturated/α-hetero) is 1. The van der Waals surface area contributed by atoms with Gasteiger partial charge in [0.25, 0.3) is 0 Å². The minimum atomic E-state index is -1.08. The second kappa shape index (κ2) is 5.92. The van der Waals surface area contributed by atoms with Crippen molar-refractivity contribution in [3.05, 3.63) is 41.7 Å². The van der Waals surface area contributed by atoms with E-state index in [9.17, 15) is 14.4 Å². The number of nitrogens with one attached hydrogen (secondary N) is 2. The molecule has 2 aromatic rings. The van der Waals surface area contributed by atoms with E-state index in [0.717, 1.165) is 0 Å². The summed E-state index contributed by atoms with van der Waals surface area (Å²) in [7, 11) is 0. The maximum atomic E-state index is 12.5. The van der Waals surface area contributed by atoms with Gasteiger partial charge >= 0.3 is 0 Å². The second-order valence-corrected chi connectivity index (χ2v) is 5.95. The Morgan fingerprint density at radius 1 is 1.08 bits per heavy atom. The summed E-state index contributed by atoms with van der Waals surface area (Å²) >= 11 is 0. The summed E-state index contributed by atoms with van der Waals surface area (Å²) in [5.74, 6) is 0.0609. The summed E-state index contributed by atoms with van der Waals surface area (Å²) in [4.78, 5) is 36.1. The van der Waals surface area contributed by atoms with Crippen LogP contribution in [0, 0.1) is 12.3 Å². The molecule has 0 saturated heterocycles. The smallest absolute Gasteiger partial charge is 0.241 e. The molecule has 1 aliphatic carbocycles. The molecule has 1 heterocycles. The number of anilines is 2. The molecule has 0 radical (unpaired) electrons. The Balaban J connectivity index is 1.67. The molecule has 1 saturated carbocycles. The number of rotatable bonds is 5. The zero-order chi connectivity index (χ0) is 17.3. The highest BCUT2D eigenvalue weighted by molar-refractivity contribution is 6.16. The number of hydrogen-bond acceptors (Lipinski definition) is 5. The third-order valence-electron chi connectivity index (χ3n) is 4.04. The van der Waals surface area contributed by atoms with Crippen molar-refractivity contribution >= 4 is 29.1 Å². The quantitative estimate of drug-likeness (QED) is 0.649. The number of aromatic nitrogens is 1. The maximum Gasteiger partial charge on any atom is 0.241 e. The fourth-order valence-electron chi connectivity index (χ4n) is 2.38. The second-order valence-electron chi connectivity index (χ2n) is 5.95. The Hall–Kier alpha value is -2.96. The summed E-state index contributed by atoms with van der Waals surface area (Å²) in [6, 6.07) is 8.14. The Morgan fingerprint density at radius 3 is 2.21 bits per heavy atom. The van der Waals surface area contributed by atoms with Crippen LogP contribution >= 0.6 is 0 Å². The lowest BCUT2D eigenvalue weighted by molar-refractivity contribution is -0.131. The largest absolute Gasteiger partial charge is 0.360 e. The fraction of sp³-hybridized carbons (Fsp3) is 0.294. The van der Waals surface area contributed by atoms with E-state index in [1.165, 1.54) is 6.92 Å². The molecule has 0 spiro atoms. The lowest BCUT2D eigenvalue weighted by atomic mass is 10.0. The number of carbonyl (C=O) groups excluding carboxylic acids is 3. The average Bonchev–Trinajstić information content (AvgIpc) is 3.27. The predicted molar refractivity (Wildman–Crippen MR) is 86.6 cm³/mol. The maximum absolute atomic E-state index is 12.5. The van der Waals surface area contributed by atoms with Crippen LogP contribution in [0.2, 0.25) is 0 Å². The van der Waals surface area contributed by atoms with Crippen LogP contribution in [0.15, 0.2) is 34.9 Å². The van der Waals surface area contributed by atoms with Gasteiger partial charge in [-0.3, -0.25) is 14.4 Å². The summed E-state index contributed by atoms with van der Waals surface area (Å²) < 4.78 is 4.89. The first-order valence-electron chi connectivity index (χ1n) is 7.58. The van der Waals surface area contributed by atoms with E-state index >= 15 is 0 Å². The van der Waals surface area contributed by atoms with Gasteiger partial charge in [-0.25, -0.2) is 0 Å². The average molecular weight is 327 g/mol. The molecule has 3 rings (SSSR count). The summed E-state index contributed by atoms with van der Waals surface area (Å²) in [6.07, 6.45) is 0.958. The SMILES string of the molecule is CC(=O)c1ccc(NC(=O)C2(C(=O)Nc3cc(C)on3)CC2)cc1. The van der Waals surface area contributed by atoms with Gasteiger partial charge < -0.3 is 15.2 Å². The van der Waals surface area contributed by atoms with Crippen LogP contribution in [0.4, 0.5) is 11.5 Å². The van der Waals surface area contributed by atoms with Crippen molar-refractivity contribution in [2.45, 2.75) is 26.7 Å². The van der Waals surface area contributed by atoms with Gasteiger partial charge in [-0.05, 0) is 51.0 Å². The van der Waals surface area contributed by atoms with Gasteiger partial charge in [0.1, 0.15) is 11.2 Å². The van der Waals surface area contributed by atoms with E-state index in [4.69, 9.17) is 4.52 Å². The van der Waals surface area contributed by atoms with Crippen molar-refractivity contribution in [3.63, 3.8) is 0 Å². The van der Waals surface area contributed by atoms with Gasteiger partial charge in [0.15, 0.2) is 11.6 Å². The zero-order valence-electron chi connectivity index (χ0n) is 13.4. The number of ketones is 1. The molecule has 0 unspecified atom stereocenters. The van der Waals surface area contributed by atoms with Crippen molar-refractivity contribution in [1.82, 2.24) is 5.16 Å². The standard InChI is InChI=1S/C17H17N3O4/c1-10-9-14(20-24-10)19-16(23)17(7-8-17)15(22)18-13-5-3-12(4-6-13)11(2)21/h3-6,9H,7-8H2,1-2H3,(H,18,22)(H,19,20,23). The highest BCUT2D eigenvalue weighted by atomic mass is 16.5. The summed E-state index contributed by atoms with van der Waals surface area (Å²) in [6.45, 7) is 3.19. The molecular weight excluding hydrogens is 310 g/mol. The first kappa shape index (κ1) is 15.9. The Labute approximate surface area is 138 Å². The fourth-order valence-corrected chi connectivity index (χ4v) is 2.38. The third kappa shape index (κ3) is 3.05. The molecule has 0 atom stereocenters. The molecule has 1 aromatic heterocycles. The lowest BCUT2D eigenvalue weighted by Gasteiger charge is -2.14. The molecule has 7 nitrogen and oxygen atoms in total. The van der Waals surface area contributed by atoms with Crippen LogP contribution in [0.1, 0.15) is 35.9 Å². The molecule has 7 heteroatoms. The van der Waals surface area contributed by atoms with E-state index in [1.54, 1.807) is 37.3 Å². The van der Waals surface area contributed by atoms with E-state index in [0.29, 0.717) is 35.7 Å². The van der Waals surface area contributed by atoms with Crippen LogP contribution in [0.3, 0.4) is 0 Å². The molecule has 0 aliphatic heterocycles. The van der Waals surface area contributed by atoms with Crippen LogP contribution in [-0.2, 0) is 9.59 Å². The summed E-state index contributed by atoms with van der Waals surface area (Å²) in [5.41, 5.74) is 0.0289. The van der Waals surface area contributed by atoms with Crippen molar-refractivity contribution in [3.8, 4) is 0 Å². The van der Waals surface area contributed by atoms with Gasteiger partial charge in [-0.1, -0.05) is 5.16 Å². The highest BCUT2D eigenvalue weighted by Gasteiger charge is 2.56. The van der Waals surface area contributed by atoms with Crippen molar-refractivity contribution < 1.29 is 18.9 Å². The van der Waals surface area contributed by atoms with Crippen molar-refractivity contribution in [1.29, 1.82) is 0 Å². The van der Waals surface area contributed by atoms with E-state index in [2.05, 4.69) is 15.8 Å². The minimum Gasteiger partial charge on any atom is -0.360 e. The van der Waals surface area contributed by atoms with Crippen LogP contribution in [0.25, 0.3) is 0 Å². The lowest BCUT2D eigenvalue weighted by Crippen LogP contribution is -2.35.